The molecule has 284 valence electrons. The van der Waals surface area contributed by atoms with Gasteiger partial charge in [-0.05, 0) is 38.4 Å². The second-order valence-corrected chi connectivity index (χ2v) is 15.2. The molecule has 8 atom stereocenters. The summed E-state index contributed by atoms with van der Waals surface area (Å²) in [6, 6.07) is 0. The minimum atomic E-state index is -1.16. The highest BCUT2D eigenvalue weighted by atomic mass is 32.2. The van der Waals surface area contributed by atoms with Crippen molar-refractivity contribution in [1.29, 1.82) is 0 Å². The largest absolute Gasteiger partial charge is 0.463 e. The lowest BCUT2D eigenvalue weighted by Gasteiger charge is -2.44. The van der Waals surface area contributed by atoms with Gasteiger partial charge in [-0.1, -0.05) is 90.9 Å². The molecule has 2 fully saturated rings. The van der Waals surface area contributed by atoms with Gasteiger partial charge in [0.15, 0.2) is 24.1 Å². The van der Waals surface area contributed by atoms with Crippen LogP contribution in [0.25, 0.3) is 0 Å². The molecule has 0 bridgehead atoms. The standard InChI is InChI=1S/C37H64O11S/c1-9-10-11-12-13-14-15-16-17-18-19-20-21-30-32(48-37(7,8)47-30)25(2)22-23-49-36-35(45-29(6)41)34(44-28(5)40)33(43-27(4)39)31(46-36)24-42-26(3)38/h25,30-36H,9-24H2,1-8H3/t25-,30?,31?,32-,33+,34?,35-,36-/m0/s1. The van der Waals surface area contributed by atoms with Gasteiger partial charge in [-0.25, -0.2) is 0 Å². The highest BCUT2D eigenvalue weighted by molar-refractivity contribution is 7.99. The van der Waals surface area contributed by atoms with E-state index in [4.69, 9.17) is 33.2 Å². The van der Waals surface area contributed by atoms with Crippen molar-refractivity contribution in [2.45, 2.75) is 193 Å². The Morgan fingerprint density at radius 2 is 1.18 bits per heavy atom. The van der Waals surface area contributed by atoms with E-state index < -0.39 is 59.5 Å². The van der Waals surface area contributed by atoms with E-state index in [2.05, 4.69) is 13.8 Å². The van der Waals surface area contributed by atoms with Crippen molar-refractivity contribution in [2.24, 2.45) is 5.92 Å². The van der Waals surface area contributed by atoms with Gasteiger partial charge in [0, 0.05) is 27.7 Å². The maximum absolute atomic E-state index is 12.2. The Morgan fingerprint density at radius 1 is 0.673 bits per heavy atom. The zero-order chi connectivity index (χ0) is 36.4. The van der Waals surface area contributed by atoms with Crippen molar-refractivity contribution in [1.82, 2.24) is 0 Å². The van der Waals surface area contributed by atoms with Crippen LogP contribution >= 0.6 is 11.8 Å². The Morgan fingerprint density at radius 3 is 1.71 bits per heavy atom. The van der Waals surface area contributed by atoms with Crippen molar-refractivity contribution < 1.29 is 52.3 Å². The lowest BCUT2D eigenvalue weighted by molar-refractivity contribution is -0.237. The van der Waals surface area contributed by atoms with E-state index in [1.165, 1.54) is 110 Å². The van der Waals surface area contributed by atoms with Crippen LogP contribution in [0.2, 0.25) is 0 Å². The summed E-state index contributed by atoms with van der Waals surface area (Å²) in [6.07, 6.45) is 12.9. The predicted octanol–water partition coefficient (Wildman–Crippen LogP) is 7.44. The van der Waals surface area contributed by atoms with Crippen LogP contribution in [-0.4, -0.2) is 84.1 Å². The summed E-state index contributed by atoms with van der Waals surface area (Å²) in [7, 11) is 0. The van der Waals surface area contributed by atoms with Gasteiger partial charge in [-0.3, -0.25) is 19.2 Å². The van der Waals surface area contributed by atoms with Crippen molar-refractivity contribution in [3.05, 3.63) is 0 Å². The van der Waals surface area contributed by atoms with E-state index in [-0.39, 0.29) is 24.7 Å². The van der Waals surface area contributed by atoms with Crippen molar-refractivity contribution >= 4 is 35.6 Å². The molecule has 0 aromatic heterocycles. The first-order valence-corrected chi connectivity index (χ1v) is 19.6. The van der Waals surface area contributed by atoms with Crippen LogP contribution in [0, 0.1) is 5.92 Å². The van der Waals surface area contributed by atoms with Crippen LogP contribution < -0.4 is 0 Å². The molecule has 2 aliphatic rings. The molecule has 2 heterocycles. The van der Waals surface area contributed by atoms with Crippen molar-refractivity contribution in [3.8, 4) is 0 Å². The topological polar surface area (TPSA) is 133 Å². The van der Waals surface area contributed by atoms with Crippen LogP contribution in [0.5, 0.6) is 0 Å². The summed E-state index contributed by atoms with van der Waals surface area (Å²) in [5.41, 5.74) is -0.790. The van der Waals surface area contributed by atoms with E-state index in [9.17, 15) is 19.2 Å². The van der Waals surface area contributed by atoms with Crippen LogP contribution in [0.15, 0.2) is 0 Å². The lowest BCUT2D eigenvalue weighted by Crippen LogP contribution is -2.61. The zero-order valence-corrected chi connectivity index (χ0v) is 32.1. The van der Waals surface area contributed by atoms with Gasteiger partial charge in [0.1, 0.15) is 18.1 Å². The fourth-order valence-corrected chi connectivity index (χ4v) is 7.97. The average Bonchev–Trinajstić information content (AvgIpc) is 3.32. The molecule has 0 N–H and O–H groups in total. The molecule has 12 heteroatoms. The molecule has 0 radical (unpaired) electrons. The summed E-state index contributed by atoms with van der Waals surface area (Å²) >= 11 is 1.39. The van der Waals surface area contributed by atoms with Gasteiger partial charge >= 0.3 is 23.9 Å². The monoisotopic (exact) mass is 716 g/mol. The predicted molar refractivity (Wildman–Crippen MR) is 188 cm³/mol. The number of esters is 4. The molecule has 0 saturated carbocycles. The smallest absolute Gasteiger partial charge is 0.303 e. The third-order valence-electron chi connectivity index (χ3n) is 8.93. The summed E-state index contributed by atoms with van der Waals surface area (Å²) < 4.78 is 40.8. The van der Waals surface area contributed by atoms with Gasteiger partial charge in [0.25, 0.3) is 0 Å². The van der Waals surface area contributed by atoms with Gasteiger partial charge < -0.3 is 33.2 Å². The van der Waals surface area contributed by atoms with Crippen LogP contribution in [0.1, 0.15) is 145 Å². The first-order chi connectivity index (χ1) is 23.2. The molecule has 0 aromatic carbocycles. The minimum Gasteiger partial charge on any atom is -0.463 e. The van der Waals surface area contributed by atoms with E-state index in [0.29, 0.717) is 5.75 Å². The third-order valence-corrected chi connectivity index (χ3v) is 10.1. The third kappa shape index (κ3) is 16.8. The zero-order valence-electron chi connectivity index (χ0n) is 31.3. The number of carbonyl (C=O) groups is 4. The highest BCUT2D eigenvalue weighted by Crippen LogP contribution is 2.38. The number of unbranched alkanes of at least 4 members (excludes halogenated alkanes) is 11. The molecule has 0 aliphatic carbocycles. The first-order valence-electron chi connectivity index (χ1n) is 18.5. The average molecular weight is 717 g/mol. The number of hydrogen-bond acceptors (Lipinski definition) is 12. The fraction of sp³-hybridized carbons (Fsp3) is 0.892. The number of thioether (sulfide) groups is 1. The summed E-state index contributed by atoms with van der Waals surface area (Å²) in [4.78, 5) is 47.9. The number of ether oxygens (including phenoxy) is 7. The van der Waals surface area contributed by atoms with E-state index in [1.807, 2.05) is 13.8 Å². The number of rotatable bonds is 23. The molecule has 0 amide bonds. The molecule has 3 unspecified atom stereocenters. The molecule has 0 aromatic rings. The quantitative estimate of drug-likeness (QED) is 0.0591. The van der Waals surface area contributed by atoms with Crippen LogP contribution in [0.3, 0.4) is 0 Å². The first kappa shape index (κ1) is 43.3. The van der Waals surface area contributed by atoms with E-state index in [1.54, 1.807) is 0 Å². The van der Waals surface area contributed by atoms with Crippen molar-refractivity contribution in [3.63, 3.8) is 0 Å². The number of carbonyl (C=O) groups excluding carboxylic acids is 4. The summed E-state index contributed by atoms with van der Waals surface area (Å²) in [6.45, 7) is 13.0. The molecule has 0 spiro atoms. The molecule has 49 heavy (non-hydrogen) atoms. The Kier molecular flexibility index (Phi) is 20.2. The Bertz CT molecular complexity index is 1000. The van der Waals surface area contributed by atoms with Crippen molar-refractivity contribution in [2.75, 3.05) is 12.4 Å². The molecule has 2 saturated heterocycles. The maximum atomic E-state index is 12.2. The van der Waals surface area contributed by atoms with E-state index >= 15 is 0 Å². The summed E-state index contributed by atoms with van der Waals surface area (Å²) in [5, 5.41) is 0. The number of hydrogen-bond donors (Lipinski definition) is 0. The van der Waals surface area contributed by atoms with E-state index in [0.717, 1.165) is 19.3 Å². The minimum absolute atomic E-state index is 0.00351. The molecule has 11 nitrogen and oxygen atoms in total. The molecule has 2 aliphatic heterocycles. The van der Waals surface area contributed by atoms with Gasteiger partial charge in [0.05, 0.1) is 12.2 Å². The molecular weight excluding hydrogens is 652 g/mol. The SMILES string of the molecule is CCCCCCCCCCCCCCC1OC(C)(C)O[C@H]1[C@@H](C)CCS[C@@H]1OC(COC(C)=O)[C@@H](OC(C)=O)C(OC(C)=O)[C@@H]1OC(C)=O. The van der Waals surface area contributed by atoms with Gasteiger partial charge in [-0.2, -0.15) is 0 Å². The van der Waals surface area contributed by atoms with Crippen LogP contribution in [0.4, 0.5) is 0 Å². The maximum Gasteiger partial charge on any atom is 0.303 e. The second kappa shape index (κ2) is 22.8. The Balaban J connectivity index is 1.95. The lowest BCUT2D eigenvalue weighted by atomic mass is 9.94. The van der Waals surface area contributed by atoms with Gasteiger partial charge in [-0.15, -0.1) is 11.8 Å². The fourth-order valence-electron chi connectivity index (χ4n) is 6.61. The van der Waals surface area contributed by atoms with Crippen LogP contribution in [-0.2, 0) is 52.3 Å². The summed E-state index contributed by atoms with van der Waals surface area (Å²) in [5.74, 6) is -2.36. The Labute approximate surface area is 298 Å². The molecule has 2 rings (SSSR count). The van der Waals surface area contributed by atoms with Gasteiger partial charge in [0.2, 0.25) is 0 Å². The second-order valence-electron chi connectivity index (χ2n) is 14.0. The highest BCUT2D eigenvalue weighted by Gasteiger charge is 2.52. The molecular formula is C37H64O11S. The Hall–Kier alpha value is -1.89. The normalized spacial score (nSPS) is 26.9.